The summed E-state index contributed by atoms with van der Waals surface area (Å²) < 4.78 is 39.4. The normalized spacial score (nSPS) is 21.4. The van der Waals surface area contributed by atoms with Crippen molar-refractivity contribution in [1.82, 2.24) is 19.9 Å². The highest BCUT2D eigenvalue weighted by molar-refractivity contribution is 7.21. The molecule has 2 N–H and O–H groups in total. The van der Waals surface area contributed by atoms with Gasteiger partial charge in [-0.3, -0.25) is 0 Å². The molecule has 1 aliphatic heterocycles. The molecule has 0 unspecified atom stereocenters. The highest BCUT2D eigenvalue weighted by atomic mass is 32.1. The molecular formula is C24H29F3N6S. The van der Waals surface area contributed by atoms with E-state index in [1.54, 1.807) is 18.3 Å². The zero-order chi connectivity index (χ0) is 23.7. The molecule has 2 fully saturated rings. The van der Waals surface area contributed by atoms with Crippen molar-refractivity contribution in [2.75, 3.05) is 36.8 Å². The second kappa shape index (κ2) is 9.65. The molecule has 182 valence electrons. The molecule has 2 aromatic heterocycles. The number of aromatic nitrogens is 3. The van der Waals surface area contributed by atoms with E-state index in [4.69, 9.17) is 4.98 Å². The molecule has 3 heterocycles. The van der Waals surface area contributed by atoms with Crippen molar-refractivity contribution in [2.24, 2.45) is 5.92 Å². The van der Waals surface area contributed by atoms with E-state index in [-0.39, 0.29) is 12.0 Å². The van der Waals surface area contributed by atoms with Gasteiger partial charge in [-0.25, -0.2) is 9.97 Å². The lowest BCUT2D eigenvalue weighted by atomic mass is 10.1. The average Bonchev–Trinajstić information content (AvgIpc) is 3.53. The van der Waals surface area contributed by atoms with E-state index in [1.807, 2.05) is 24.3 Å². The van der Waals surface area contributed by atoms with E-state index >= 15 is 0 Å². The van der Waals surface area contributed by atoms with Crippen molar-refractivity contribution in [3.8, 4) is 10.6 Å². The number of likely N-dealkylation sites (tertiary alicyclic amines) is 1. The number of benzene rings is 1. The van der Waals surface area contributed by atoms with Crippen LogP contribution in [-0.4, -0.2) is 58.2 Å². The monoisotopic (exact) mass is 490 g/mol. The number of anilines is 2. The van der Waals surface area contributed by atoms with Crippen LogP contribution in [-0.2, 0) is 0 Å². The van der Waals surface area contributed by atoms with Gasteiger partial charge in [0.15, 0.2) is 0 Å². The third kappa shape index (κ3) is 5.43. The Labute approximate surface area is 201 Å². The number of fused-ring (bicyclic) bond motifs is 1. The van der Waals surface area contributed by atoms with Gasteiger partial charge in [-0.05, 0) is 70.2 Å². The molecule has 6 nitrogen and oxygen atoms in total. The Balaban J connectivity index is 1.41. The molecule has 1 saturated heterocycles. The van der Waals surface area contributed by atoms with Crippen molar-refractivity contribution in [3.05, 3.63) is 30.0 Å². The Morgan fingerprint density at radius 3 is 2.65 bits per heavy atom. The second-order valence-corrected chi connectivity index (χ2v) is 10.4. The summed E-state index contributed by atoms with van der Waals surface area (Å²) in [6, 6.07) is 8.11. The van der Waals surface area contributed by atoms with E-state index in [9.17, 15) is 13.2 Å². The summed E-state index contributed by atoms with van der Waals surface area (Å²) in [6.07, 6.45) is 1.43. The summed E-state index contributed by atoms with van der Waals surface area (Å²) in [5.41, 5.74) is 2.26. The van der Waals surface area contributed by atoms with Crippen molar-refractivity contribution in [1.29, 1.82) is 0 Å². The van der Waals surface area contributed by atoms with Gasteiger partial charge in [-0.1, -0.05) is 12.1 Å². The van der Waals surface area contributed by atoms with Crippen LogP contribution in [0.25, 0.3) is 20.8 Å². The molecule has 10 heteroatoms. The van der Waals surface area contributed by atoms with Crippen molar-refractivity contribution in [2.45, 2.75) is 51.2 Å². The first kappa shape index (κ1) is 23.3. The quantitative estimate of drug-likeness (QED) is 0.442. The van der Waals surface area contributed by atoms with Gasteiger partial charge in [0.1, 0.15) is 17.4 Å². The topological polar surface area (TPSA) is 66.0 Å². The number of thiazole rings is 1. The van der Waals surface area contributed by atoms with Gasteiger partial charge in [0.2, 0.25) is 5.95 Å². The van der Waals surface area contributed by atoms with Gasteiger partial charge in [-0.15, -0.1) is 11.3 Å². The number of nitrogens with one attached hydrogen (secondary N) is 2. The van der Waals surface area contributed by atoms with Gasteiger partial charge < -0.3 is 15.5 Å². The lowest BCUT2D eigenvalue weighted by Gasteiger charge is -2.21. The van der Waals surface area contributed by atoms with Crippen LogP contribution in [0.4, 0.5) is 24.9 Å². The van der Waals surface area contributed by atoms with Gasteiger partial charge in [0.25, 0.3) is 0 Å². The maximum Gasteiger partial charge on any atom is 0.405 e. The van der Waals surface area contributed by atoms with E-state index in [0.717, 1.165) is 46.6 Å². The number of rotatable bonds is 7. The van der Waals surface area contributed by atoms with E-state index < -0.39 is 12.7 Å². The van der Waals surface area contributed by atoms with Crippen molar-refractivity contribution in [3.63, 3.8) is 0 Å². The smallest absolute Gasteiger partial charge is 0.367 e. The first-order chi connectivity index (χ1) is 16.3. The zero-order valence-electron chi connectivity index (χ0n) is 19.2. The Kier molecular flexibility index (Phi) is 6.61. The number of hydrogen-bond acceptors (Lipinski definition) is 7. The van der Waals surface area contributed by atoms with Gasteiger partial charge in [-0.2, -0.15) is 18.2 Å². The SMILES string of the molecule is Cc1nc(NCC(F)(F)F)nc(N[C@H]2CC[C@@H](CN3CCCC3)C2)c1-c1nc2ccccc2s1. The number of alkyl halides is 3. The molecule has 34 heavy (non-hydrogen) atoms. The first-order valence-electron chi connectivity index (χ1n) is 11.9. The molecule has 2 atom stereocenters. The molecule has 1 aromatic carbocycles. The first-order valence-corrected chi connectivity index (χ1v) is 12.7. The van der Waals surface area contributed by atoms with Crippen LogP contribution in [0.2, 0.25) is 0 Å². The van der Waals surface area contributed by atoms with E-state index in [0.29, 0.717) is 17.4 Å². The average molecular weight is 491 g/mol. The predicted octanol–water partition coefficient (Wildman–Crippen LogP) is 5.71. The van der Waals surface area contributed by atoms with Crippen LogP contribution in [0.5, 0.6) is 0 Å². The molecule has 1 aliphatic carbocycles. The van der Waals surface area contributed by atoms with Gasteiger partial charge in [0.05, 0.1) is 21.5 Å². The molecule has 0 bridgehead atoms. The standard InChI is InChI=1S/C24H29F3N6S/c1-15-20(22-31-18-6-2-3-7-19(18)34-22)21(32-23(29-15)28-14-24(25,26)27)30-17-9-8-16(12-17)13-33-10-4-5-11-33/h2-3,6-7,16-17H,4-5,8-14H2,1H3,(H2,28,29,30,32)/t16-,17+/m1/s1. The predicted molar refractivity (Wildman–Crippen MR) is 130 cm³/mol. The Bertz CT molecular complexity index is 1110. The minimum Gasteiger partial charge on any atom is -0.367 e. The summed E-state index contributed by atoms with van der Waals surface area (Å²) in [5, 5.41) is 6.68. The number of aryl methyl sites for hydroxylation is 1. The maximum atomic E-state index is 12.8. The summed E-state index contributed by atoms with van der Waals surface area (Å²) in [7, 11) is 0. The molecule has 0 radical (unpaired) electrons. The van der Waals surface area contributed by atoms with Crippen LogP contribution in [0.3, 0.4) is 0 Å². The summed E-state index contributed by atoms with van der Waals surface area (Å²) >= 11 is 1.54. The molecule has 0 amide bonds. The van der Waals surface area contributed by atoms with Gasteiger partial charge >= 0.3 is 6.18 Å². The Hall–Kier alpha value is -2.46. The molecule has 0 spiro atoms. The van der Waals surface area contributed by atoms with Crippen molar-refractivity contribution < 1.29 is 13.2 Å². The van der Waals surface area contributed by atoms with Crippen molar-refractivity contribution >= 4 is 33.3 Å². The van der Waals surface area contributed by atoms with E-state index in [1.165, 1.54) is 25.9 Å². The largest absolute Gasteiger partial charge is 0.405 e. The highest BCUT2D eigenvalue weighted by Crippen LogP contribution is 2.38. The summed E-state index contributed by atoms with van der Waals surface area (Å²) in [4.78, 5) is 16.2. The fourth-order valence-electron chi connectivity index (χ4n) is 5.07. The van der Waals surface area contributed by atoms with Crippen LogP contribution < -0.4 is 10.6 Å². The van der Waals surface area contributed by atoms with E-state index in [2.05, 4.69) is 25.5 Å². The number of para-hydroxylation sites is 1. The fraction of sp³-hybridized carbons (Fsp3) is 0.542. The summed E-state index contributed by atoms with van der Waals surface area (Å²) in [5.74, 6) is 1.17. The lowest BCUT2D eigenvalue weighted by Crippen LogP contribution is -2.26. The second-order valence-electron chi connectivity index (χ2n) is 9.34. The molecule has 5 rings (SSSR count). The zero-order valence-corrected chi connectivity index (χ0v) is 20.0. The number of halogens is 3. The Morgan fingerprint density at radius 2 is 1.88 bits per heavy atom. The Morgan fingerprint density at radius 1 is 1.09 bits per heavy atom. The van der Waals surface area contributed by atoms with Gasteiger partial charge in [0, 0.05) is 12.6 Å². The minimum atomic E-state index is -4.34. The van der Waals surface area contributed by atoms with Crippen LogP contribution >= 0.6 is 11.3 Å². The number of nitrogens with zero attached hydrogens (tertiary/aromatic N) is 4. The third-order valence-electron chi connectivity index (χ3n) is 6.64. The molecule has 3 aromatic rings. The highest BCUT2D eigenvalue weighted by Gasteiger charge is 2.30. The molecular weight excluding hydrogens is 461 g/mol. The van der Waals surface area contributed by atoms with Crippen LogP contribution in [0, 0.1) is 12.8 Å². The fourth-order valence-corrected chi connectivity index (χ4v) is 6.13. The van der Waals surface area contributed by atoms with Crippen LogP contribution in [0.1, 0.15) is 37.8 Å². The third-order valence-corrected chi connectivity index (χ3v) is 7.70. The molecule has 2 aliphatic rings. The lowest BCUT2D eigenvalue weighted by molar-refractivity contribution is -0.115. The number of hydrogen-bond donors (Lipinski definition) is 2. The van der Waals surface area contributed by atoms with Crippen LogP contribution in [0.15, 0.2) is 24.3 Å². The maximum absolute atomic E-state index is 12.8. The molecule has 1 saturated carbocycles. The minimum absolute atomic E-state index is 0.0196. The summed E-state index contributed by atoms with van der Waals surface area (Å²) in [6.45, 7) is 4.14.